The number of aliphatic hydroxyl groups is 1. The molecule has 4 nitrogen and oxygen atoms in total. The van der Waals surface area contributed by atoms with Gasteiger partial charge < -0.3 is 10.4 Å². The summed E-state index contributed by atoms with van der Waals surface area (Å²) in [7, 11) is -2.99. The second-order valence-corrected chi connectivity index (χ2v) is 5.71. The van der Waals surface area contributed by atoms with Crippen LogP contribution in [-0.2, 0) is 9.84 Å². The molecule has 0 spiro atoms. The third-order valence-electron chi connectivity index (χ3n) is 2.26. The zero-order valence-corrected chi connectivity index (χ0v) is 8.68. The van der Waals surface area contributed by atoms with E-state index in [2.05, 4.69) is 12.2 Å². The zero-order valence-electron chi connectivity index (χ0n) is 7.86. The smallest absolute Gasteiger partial charge is 0.154 e. The van der Waals surface area contributed by atoms with Crippen molar-refractivity contribution < 1.29 is 13.5 Å². The second kappa shape index (κ2) is 4.39. The summed E-state index contributed by atoms with van der Waals surface area (Å²) in [5.41, 5.74) is 0. The lowest BCUT2D eigenvalue weighted by Crippen LogP contribution is -2.39. The predicted molar refractivity (Wildman–Crippen MR) is 51.4 cm³/mol. The molecule has 13 heavy (non-hydrogen) atoms. The Balaban J connectivity index is 2.36. The average molecular weight is 207 g/mol. The molecule has 0 aromatic heterocycles. The van der Waals surface area contributed by atoms with Crippen LogP contribution < -0.4 is 5.32 Å². The van der Waals surface area contributed by atoms with Crippen molar-refractivity contribution in [1.82, 2.24) is 5.32 Å². The van der Waals surface area contributed by atoms with Crippen LogP contribution in [0.15, 0.2) is 0 Å². The third kappa shape index (κ3) is 3.25. The fourth-order valence-electron chi connectivity index (χ4n) is 1.49. The minimum absolute atomic E-state index is 0.0812. The second-order valence-electron chi connectivity index (χ2n) is 3.56. The molecule has 2 N–H and O–H groups in total. The minimum atomic E-state index is -2.99. The maximum absolute atomic E-state index is 11.1. The Morgan fingerprint density at radius 2 is 2.15 bits per heavy atom. The first-order valence-corrected chi connectivity index (χ1v) is 6.49. The van der Waals surface area contributed by atoms with Crippen molar-refractivity contribution in [3.8, 4) is 0 Å². The molecule has 1 heterocycles. The quantitative estimate of drug-likeness (QED) is 0.612. The lowest BCUT2D eigenvalue weighted by atomic mass is 10.2. The van der Waals surface area contributed by atoms with E-state index in [-0.39, 0.29) is 17.5 Å². The van der Waals surface area contributed by atoms with Crippen LogP contribution in [0.2, 0.25) is 0 Å². The molecular weight excluding hydrogens is 190 g/mol. The van der Waals surface area contributed by atoms with Crippen molar-refractivity contribution in [2.45, 2.75) is 31.9 Å². The molecule has 1 rings (SSSR count). The first-order valence-electron chi connectivity index (χ1n) is 4.67. The number of hydrogen-bond acceptors (Lipinski definition) is 4. The Morgan fingerprint density at radius 3 is 2.62 bits per heavy atom. The first kappa shape index (κ1) is 10.9. The van der Waals surface area contributed by atoms with Gasteiger partial charge >= 0.3 is 0 Å². The number of aliphatic hydroxyl groups excluding tert-OH is 1. The molecule has 0 bridgehead atoms. The Bertz CT molecular complexity index is 250. The topological polar surface area (TPSA) is 66.4 Å². The Labute approximate surface area is 79.3 Å². The number of hydrogen-bond donors (Lipinski definition) is 2. The van der Waals surface area contributed by atoms with Crippen LogP contribution in [0.1, 0.15) is 19.8 Å². The maximum atomic E-state index is 11.1. The van der Waals surface area contributed by atoms with Gasteiger partial charge in [0.05, 0.1) is 17.6 Å². The predicted octanol–water partition coefficient (Wildman–Crippen LogP) is -0.466. The van der Waals surface area contributed by atoms with E-state index in [9.17, 15) is 13.5 Å². The van der Waals surface area contributed by atoms with Gasteiger partial charge in [0.1, 0.15) is 0 Å². The minimum Gasteiger partial charge on any atom is -0.390 e. The van der Waals surface area contributed by atoms with E-state index in [1.54, 1.807) is 0 Å². The van der Waals surface area contributed by atoms with Gasteiger partial charge in [-0.05, 0) is 13.0 Å². The molecule has 1 aliphatic rings. The van der Waals surface area contributed by atoms with Gasteiger partial charge in [0, 0.05) is 6.04 Å². The van der Waals surface area contributed by atoms with Crippen LogP contribution in [0.5, 0.6) is 0 Å². The lowest BCUT2D eigenvalue weighted by molar-refractivity contribution is 0.166. The fraction of sp³-hybridized carbons (Fsp3) is 1.00. The highest BCUT2D eigenvalue weighted by atomic mass is 32.2. The lowest BCUT2D eigenvalue weighted by Gasteiger charge is -2.13. The molecule has 2 atom stereocenters. The van der Waals surface area contributed by atoms with Gasteiger partial charge in [0.15, 0.2) is 9.84 Å². The summed E-state index contributed by atoms with van der Waals surface area (Å²) in [6.07, 6.45) is 1.37. The van der Waals surface area contributed by atoms with E-state index in [1.165, 1.54) is 0 Å². The van der Waals surface area contributed by atoms with Crippen molar-refractivity contribution in [1.29, 1.82) is 0 Å². The molecular formula is C8H17NO3S. The number of rotatable bonds is 4. The fourth-order valence-corrected chi connectivity index (χ4v) is 3.26. The molecule has 0 amide bonds. The van der Waals surface area contributed by atoms with Gasteiger partial charge in [-0.1, -0.05) is 13.3 Å². The van der Waals surface area contributed by atoms with Gasteiger partial charge in [-0.25, -0.2) is 8.42 Å². The van der Waals surface area contributed by atoms with Crippen molar-refractivity contribution >= 4 is 9.84 Å². The van der Waals surface area contributed by atoms with Crippen LogP contribution >= 0.6 is 0 Å². The summed E-state index contributed by atoms with van der Waals surface area (Å²) in [6, 6.07) is -0.253. The summed E-state index contributed by atoms with van der Waals surface area (Å²) in [5, 5.41) is 12.4. The van der Waals surface area contributed by atoms with Crippen molar-refractivity contribution in [3.63, 3.8) is 0 Å². The highest BCUT2D eigenvalue weighted by Crippen LogP contribution is 2.12. The summed E-state index contributed by atoms with van der Waals surface area (Å²) in [6.45, 7) is 2.86. The number of nitrogens with one attached hydrogen (secondary N) is 1. The highest BCUT2D eigenvalue weighted by molar-refractivity contribution is 7.91. The molecule has 0 radical (unpaired) electrons. The maximum Gasteiger partial charge on any atom is 0.154 e. The Hall–Kier alpha value is -0.130. The standard InChI is InChI=1S/C8H17NO3S/c1-2-3-4-9-7-5-13(11,12)6-8(7)10/h7-10H,2-6H2,1H3/t7-,8+/m0/s1. The van der Waals surface area contributed by atoms with E-state index >= 15 is 0 Å². The van der Waals surface area contributed by atoms with Crippen LogP contribution in [0.3, 0.4) is 0 Å². The van der Waals surface area contributed by atoms with Crippen molar-refractivity contribution in [2.24, 2.45) is 0 Å². The SMILES string of the molecule is CCCCN[C@H]1CS(=O)(=O)C[C@H]1O. The summed E-state index contributed by atoms with van der Waals surface area (Å²) in [4.78, 5) is 0. The Morgan fingerprint density at radius 1 is 1.46 bits per heavy atom. The van der Waals surface area contributed by atoms with Crippen LogP contribution in [0, 0.1) is 0 Å². The Kier molecular flexibility index (Phi) is 3.70. The monoisotopic (exact) mass is 207 g/mol. The van der Waals surface area contributed by atoms with Gasteiger partial charge in [-0.3, -0.25) is 0 Å². The van der Waals surface area contributed by atoms with Crippen molar-refractivity contribution in [3.05, 3.63) is 0 Å². The first-order chi connectivity index (χ1) is 6.05. The molecule has 0 saturated carbocycles. The summed E-state index contributed by atoms with van der Waals surface area (Å²) >= 11 is 0. The molecule has 0 aliphatic carbocycles. The normalized spacial score (nSPS) is 32.2. The van der Waals surface area contributed by atoms with Crippen LogP contribution in [-0.4, -0.2) is 43.7 Å². The molecule has 0 aromatic rings. The number of sulfone groups is 1. The molecule has 1 saturated heterocycles. The van der Waals surface area contributed by atoms with E-state index in [1.807, 2.05) is 0 Å². The summed E-state index contributed by atoms with van der Waals surface area (Å²) < 4.78 is 22.2. The zero-order chi connectivity index (χ0) is 9.90. The molecule has 5 heteroatoms. The molecule has 0 aromatic carbocycles. The van der Waals surface area contributed by atoms with Gasteiger partial charge in [-0.2, -0.15) is 0 Å². The van der Waals surface area contributed by atoms with Crippen LogP contribution in [0.25, 0.3) is 0 Å². The molecule has 1 aliphatic heterocycles. The van der Waals surface area contributed by atoms with Gasteiger partial charge in [0.2, 0.25) is 0 Å². The third-order valence-corrected chi connectivity index (χ3v) is 3.98. The molecule has 78 valence electrons. The van der Waals surface area contributed by atoms with Crippen LogP contribution in [0.4, 0.5) is 0 Å². The summed E-state index contributed by atoms with van der Waals surface area (Å²) in [5.74, 6) is -0.00529. The molecule has 0 unspecified atom stereocenters. The van der Waals surface area contributed by atoms with E-state index in [0.717, 1.165) is 19.4 Å². The van der Waals surface area contributed by atoms with E-state index in [0.29, 0.717) is 0 Å². The largest absolute Gasteiger partial charge is 0.390 e. The van der Waals surface area contributed by atoms with Crippen molar-refractivity contribution in [2.75, 3.05) is 18.1 Å². The van der Waals surface area contributed by atoms with Gasteiger partial charge in [-0.15, -0.1) is 0 Å². The van der Waals surface area contributed by atoms with E-state index < -0.39 is 15.9 Å². The average Bonchev–Trinajstić information content (AvgIpc) is 2.25. The highest BCUT2D eigenvalue weighted by Gasteiger charge is 2.35. The van der Waals surface area contributed by atoms with Gasteiger partial charge in [0.25, 0.3) is 0 Å². The number of unbranched alkanes of at least 4 members (excludes halogenated alkanes) is 1. The van der Waals surface area contributed by atoms with E-state index in [4.69, 9.17) is 0 Å². The molecule has 1 fully saturated rings.